The van der Waals surface area contributed by atoms with Crippen LogP contribution in [0.2, 0.25) is 0 Å². The highest BCUT2D eigenvalue weighted by Crippen LogP contribution is 2.23. The van der Waals surface area contributed by atoms with Crippen LogP contribution in [0.15, 0.2) is 24.3 Å². The van der Waals surface area contributed by atoms with Gasteiger partial charge >= 0.3 is 0 Å². The molecule has 0 bridgehead atoms. The van der Waals surface area contributed by atoms with Crippen molar-refractivity contribution < 1.29 is 14.5 Å². The van der Waals surface area contributed by atoms with Crippen molar-refractivity contribution >= 4 is 11.6 Å². The number of amides is 1. The van der Waals surface area contributed by atoms with Gasteiger partial charge in [-0.3, -0.25) is 14.9 Å². The molecule has 2 atom stereocenters. The third-order valence-electron chi connectivity index (χ3n) is 3.87. The Morgan fingerprint density at radius 2 is 2.05 bits per heavy atom. The Morgan fingerprint density at radius 3 is 2.67 bits per heavy atom. The third-order valence-corrected chi connectivity index (χ3v) is 3.87. The van der Waals surface area contributed by atoms with E-state index in [9.17, 15) is 14.9 Å². The third kappa shape index (κ3) is 3.71. The Hall–Kier alpha value is -2.11. The van der Waals surface area contributed by atoms with Gasteiger partial charge in [-0.05, 0) is 39.2 Å². The summed E-state index contributed by atoms with van der Waals surface area (Å²) in [5.74, 6) is 0.274. The minimum absolute atomic E-state index is 0.0420. The predicted molar refractivity (Wildman–Crippen MR) is 78.2 cm³/mol. The molecule has 21 heavy (non-hydrogen) atoms. The molecule has 0 N–H and O–H groups in total. The SMILES string of the molecule is CC1CCCC(C)N1C(=O)COc1cccc([N+](=O)[O-])c1. The van der Waals surface area contributed by atoms with E-state index in [4.69, 9.17) is 4.74 Å². The van der Waals surface area contributed by atoms with Gasteiger partial charge in [0.15, 0.2) is 6.61 Å². The second-order valence-electron chi connectivity index (χ2n) is 5.47. The zero-order valence-corrected chi connectivity index (χ0v) is 12.3. The zero-order chi connectivity index (χ0) is 15.4. The number of nitro benzene ring substituents is 1. The summed E-state index contributed by atoms with van der Waals surface area (Å²) in [6.45, 7) is 4.00. The van der Waals surface area contributed by atoms with Crippen LogP contribution in [0.25, 0.3) is 0 Å². The molecule has 114 valence electrons. The molecule has 1 aromatic rings. The van der Waals surface area contributed by atoms with Crippen molar-refractivity contribution in [3.05, 3.63) is 34.4 Å². The number of carbonyl (C=O) groups excluding carboxylic acids is 1. The normalized spacial score (nSPS) is 21.9. The Balaban J connectivity index is 1.97. The number of benzene rings is 1. The lowest BCUT2D eigenvalue weighted by Crippen LogP contribution is -2.49. The smallest absolute Gasteiger partial charge is 0.273 e. The molecule has 1 fully saturated rings. The highest BCUT2D eigenvalue weighted by atomic mass is 16.6. The van der Waals surface area contributed by atoms with E-state index in [1.54, 1.807) is 12.1 Å². The van der Waals surface area contributed by atoms with Crippen LogP contribution >= 0.6 is 0 Å². The van der Waals surface area contributed by atoms with Crippen molar-refractivity contribution in [3.8, 4) is 5.75 Å². The fourth-order valence-corrected chi connectivity index (χ4v) is 2.82. The molecule has 0 aliphatic carbocycles. The Kier molecular flexibility index (Phi) is 4.77. The maximum atomic E-state index is 12.3. The van der Waals surface area contributed by atoms with Crippen molar-refractivity contribution in [1.29, 1.82) is 0 Å². The van der Waals surface area contributed by atoms with Crippen molar-refractivity contribution in [3.63, 3.8) is 0 Å². The maximum absolute atomic E-state index is 12.3. The van der Waals surface area contributed by atoms with E-state index in [0.29, 0.717) is 5.75 Å². The molecule has 1 heterocycles. The molecule has 1 aliphatic rings. The standard InChI is InChI=1S/C15H20N2O4/c1-11-5-3-6-12(2)16(11)15(18)10-21-14-8-4-7-13(9-14)17(19)20/h4,7-9,11-12H,3,5-6,10H2,1-2H3. The van der Waals surface area contributed by atoms with Gasteiger partial charge in [0.05, 0.1) is 11.0 Å². The van der Waals surface area contributed by atoms with Crippen LogP contribution in [0, 0.1) is 10.1 Å². The molecule has 2 rings (SSSR count). The molecular weight excluding hydrogens is 272 g/mol. The average molecular weight is 292 g/mol. The number of likely N-dealkylation sites (tertiary alicyclic amines) is 1. The second kappa shape index (κ2) is 6.56. The number of hydrogen-bond acceptors (Lipinski definition) is 4. The monoisotopic (exact) mass is 292 g/mol. The molecule has 2 unspecified atom stereocenters. The summed E-state index contributed by atoms with van der Waals surface area (Å²) in [5, 5.41) is 10.7. The lowest BCUT2D eigenvalue weighted by atomic mass is 9.97. The quantitative estimate of drug-likeness (QED) is 0.632. The largest absolute Gasteiger partial charge is 0.484 e. The number of ether oxygens (including phenoxy) is 1. The van der Waals surface area contributed by atoms with E-state index in [2.05, 4.69) is 0 Å². The number of non-ortho nitro benzene ring substituents is 1. The summed E-state index contributed by atoms with van der Waals surface area (Å²) in [7, 11) is 0. The molecule has 1 aliphatic heterocycles. The summed E-state index contributed by atoms with van der Waals surface area (Å²) in [6.07, 6.45) is 3.15. The van der Waals surface area contributed by atoms with Crippen molar-refractivity contribution in [2.24, 2.45) is 0 Å². The summed E-state index contributed by atoms with van der Waals surface area (Å²) in [4.78, 5) is 24.4. The summed E-state index contributed by atoms with van der Waals surface area (Å²) >= 11 is 0. The second-order valence-corrected chi connectivity index (χ2v) is 5.47. The number of carbonyl (C=O) groups is 1. The first kappa shape index (κ1) is 15.3. The van der Waals surface area contributed by atoms with Crippen LogP contribution in [-0.4, -0.2) is 34.4 Å². The van der Waals surface area contributed by atoms with Gasteiger partial charge in [0.25, 0.3) is 11.6 Å². The minimum Gasteiger partial charge on any atom is -0.484 e. The molecule has 0 saturated carbocycles. The fraction of sp³-hybridized carbons (Fsp3) is 0.533. The zero-order valence-electron chi connectivity index (χ0n) is 12.3. The van der Waals surface area contributed by atoms with Crippen LogP contribution in [0.3, 0.4) is 0 Å². The molecule has 1 aromatic carbocycles. The lowest BCUT2D eigenvalue weighted by Gasteiger charge is -2.38. The first-order valence-corrected chi connectivity index (χ1v) is 7.17. The van der Waals surface area contributed by atoms with Gasteiger partial charge in [-0.2, -0.15) is 0 Å². The van der Waals surface area contributed by atoms with Crippen molar-refractivity contribution in [1.82, 2.24) is 4.90 Å². The summed E-state index contributed by atoms with van der Waals surface area (Å²) < 4.78 is 5.41. The Bertz CT molecular complexity index is 522. The first-order valence-electron chi connectivity index (χ1n) is 7.17. The predicted octanol–water partition coefficient (Wildman–Crippen LogP) is 2.76. The Labute approximate surface area is 123 Å². The number of nitro groups is 1. The van der Waals surface area contributed by atoms with Gasteiger partial charge in [-0.25, -0.2) is 0 Å². The van der Waals surface area contributed by atoms with E-state index in [1.165, 1.54) is 12.1 Å². The Morgan fingerprint density at radius 1 is 1.38 bits per heavy atom. The van der Waals surface area contributed by atoms with Crippen LogP contribution in [0.1, 0.15) is 33.1 Å². The molecule has 1 amide bonds. The topological polar surface area (TPSA) is 72.7 Å². The highest BCUT2D eigenvalue weighted by Gasteiger charge is 2.29. The molecule has 0 spiro atoms. The van der Waals surface area contributed by atoms with Gasteiger partial charge in [-0.15, -0.1) is 0 Å². The molecule has 0 aromatic heterocycles. The number of hydrogen-bond donors (Lipinski definition) is 0. The number of nitrogens with zero attached hydrogens (tertiary/aromatic N) is 2. The average Bonchev–Trinajstić information content (AvgIpc) is 2.45. The molecule has 0 radical (unpaired) electrons. The fourth-order valence-electron chi connectivity index (χ4n) is 2.82. The van der Waals surface area contributed by atoms with Gasteiger partial charge < -0.3 is 9.64 Å². The summed E-state index contributed by atoms with van der Waals surface area (Å²) in [5.41, 5.74) is -0.0420. The van der Waals surface area contributed by atoms with Gasteiger partial charge in [-0.1, -0.05) is 6.07 Å². The number of rotatable bonds is 4. The van der Waals surface area contributed by atoms with Crippen LogP contribution in [-0.2, 0) is 4.79 Å². The lowest BCUT2D eigenvalue weighted by molar-refractivity contribution is -0.384. The van der Waals surface area contributed by atoms with E-state index >= 15 is 0 Å². The number of piperidine rings is 1. The highest BCUT2D eigenvalue weighted by molar-refractivity contribution is 5.78. The summed E-state index contributed by atoms with van der Waals surface area (Å²) in [6, 6.07) is 6.32. The maximum Gasteiger partial charge on any atom is 0.273 e. The first-order chi connectivity index (χ1) is 9.99. The van der Waals surface area contributed by atoms with Crippen LogP contribution in [0.5, 0.6) is 5.75 Å². The van der Waals surface area contributed by atoms with Crippen molar-refractivity contribution in [2.75, 3.05) is 6.61 Å². The van der Waals surface area contributed by atoms with Gasteiger partial charge in [0.1, 0.15) is 5.75 Å². The van der Waals surface area contributed by atoms with Crippen molar-refractivity contribution in [2.45, 2.75) is 45.2 Å². The molecule has 1 saturated heterocycles. The molecule has 6 heteroatoms. The van der Waals surface area contributed by atoms with E-state index in [1.807, 2.05) is 18.7 Å². The molecular formula is C15H20N2O4. The van der Waals surface area contributed by atoms with Crippen LogP contribution in [0.4, 0.5) is 5.69 Å². The van der Waals surface area contributed by atoms with E-state index in [0.717, 1.165) is 19.3 Å². The van der Waals surface area contributed by atoms with Gasteiger partial charge in [0, 0.05) is 18.2 Å². The minimum atomic E-state index is -0.483. The van der Waals surface area contributed by atoms with E-state index in [-0.39, 0.29) is 30.3 Å². The van der Waals surface area contributed by atoms with Gasteiger partial charge in [0.2, 0.25) is 0 Å². The van der Waals surface area contributed by atoms with E-state index < -0.39 is 4.92 Å². The van der Waals surface area contributed by atoms with Crippen LogP contribution < -0.4 is 4.74 Å². The molecule has 6 nitrogen and oxygen atoms in total.